The van der Waals surface area contributed by atoms with E-state index in [1.165, 1.54) is 17.5 Å². The van der Waals surface area contributed by atoms with Gasteiger partial charge in [0.2, 0.25) is 0 Å². The van der Waals surface area contributed by atoms with Gasteiger partial charge in [0.15, 0.2) is 0 Å². The molecule has 1 aromatic rings. The van der Waals surface area contributed by atoms with E-state index in [1.54, 1.807) is 0 Å². The lowest BCUT2D eigenvalue weighted by Gasteiger charge is -2.62. The van der Waals surface area contributed by atoms with Crippen molar-refractivity contribution in [1.29, 1.82) is 0 Å². The summed E-state index contributed by atoms with van der Waals surface area (Å²) in [4.78, 5) is 11.9. The predicted octanol–water partition coefficient (Wildman–Crippen LogP) is 4.66. The molecule has 5 nitrogen and oxygen atoms in total. The summed E-state index contributed by atoms with van der Waals surface area (Å²) in [5.41, 5.74) is 2.38. The van der Waals surface area contributed by atoms with Gasteiger partial charge in [0.05, 0.1) is 6.61 Å². The molecule has 4 bridgehead atoms. The van der Waals surface area contributed by atoms with Crippen LogP contribution < -0.4 is 5.26 Å². The van der Waals surface area contributed by atoms with Crippen molar-refractivity contribution in [3.63, 3.8) is 0 Å². The van der Waals surface area contributed by atoms with Gasteiger partial charge in [0, 0.05) is 5.41 Å². The zero-order chi connectivity index (χ0) is 21.6. The Hall–Kier alpha value is -1.22. The Morgan fingerprint density at radius 1 is 1.20 bits per heavy atom. The van der Waals surface area contributed by atoms with Gasteiger partial charge in [-0.25, -0.2) is 4.79 Å². The van der Waals surface area contributed by atoms with Crippen molar-refractivity contribution in [2.75, 3.05) is 6.61 Å². The first-order chi connectivity index (χ1) is 14.2. The van der Waals surface area contributed by atoms with Crippen molar-refractivity contribution in [2.24, 2.45) is 17.3 Å². The predicted molar refractivity (Wildman–Crippen MR) is 105 cm³/mol. The normalized spacial score (nSPS) is 32.6. The van der Waals surface area contributed by atoms with Crippen LogP contribution in [0.4, 0.5) is 8.78 Å². The molecule has 0 aromatic heterocycles. The molecule has 0 radical (unpaired) electrons. The minimum absolute atomic E-state index is 0.0287. The first-order valence-electron chi connectivity index (χ1n) is 10.5. The van der Waals surface area contributed by atoms with Crippen LogP contribution in [-0.2, 0) is 24.3 Å². The molecule has 1 aromatic carbocycles. The fourth-order valence-corrected chi connectivity index (χ4v) is 6.81. The van der Waals surface area contributed by atoms with Gasteiger partial charge in [0.25, 0.3) is 0 Å². The Bertz CT molecular complexity index is 768. The monoisotopic (exact) mass is 441 g/mol. The van der Waals surface area contributed by atoms with Gasteiger partial charge in [-0.3, -0.25) is 5.04 Å². The van der Waals surface area contributed by atoms with Crippen LogP contribution in [0.5, 0.6) is 0 Å². The molecule has 4 aliphatic rings. The third kappa shape index (κ3) is 4.11. The SMILES string of the molecule is CC(C)c1ccc(C23CC4CC(CC(COC(=O)C(F)(F)SOO[O-])(C4)C2)C3)cc1. The number of hydrogen-bond donors (Lipinski definition) is 0. The molecule has 0 aliphatic heterocycles. The largest absolute Gasteiger partial charge is 0.691 e. The second-order valence-electron chi connectivity index (χ2n) is 9.83. The minimum atomic E-state index is -3.99. The van der Waals surface area contributed by atoms with Gasteiger partial charge in [-0.05, 0) is 72.8 Å². The number of carbonyl (C=O) groups is 1. The highest BCUT2D eigenvalue weighted by Gasteiger charge is 2.59. The Balaban J connectivity index is 1.50. The second kappa shape index (κ2) is 8.04. The number of benzene rings is 1. The van der Waals surface area contributed by atoms with E-state index in [9.17, 15) is 18.8 Å². The van der Waals surface area contributed by atoms with Crippen LogP contribution in [0.2, 0.25) is 0 Å². The van der Waals surface area contributed by atoms with Gasteiger partial charge >= 0.3 is 11.2 Å². The van der Waals surface area contributed by atoms with E-state index < -0.39 is 23.3 Å². The lowest BCUT2D eigenvalue weighted by Crippen LogP contribution is -2.55. The van der Waals surface area contributed by atoms with E-state index in [1.807, 2.05) is 0 Å². The average molecular weight is 442 g/mol. The van der Waals surface area contributed by atoms with E-state index in [-0.39, 0.29) is 17.4 Å². The maximum absolute atomic E-state index is 13.8. The molecule has 2 atom stereocenters. The molecule has 166 valence electrons. The number of alkyl halides is 2. The van der Waals surface area contributed by atoms with Gasteiger partial charge in [0.1, 0.15) is 12.0 Å². The summed E-state index contributed by atoms with van der Waals surface area (Å²) >= 11 is -0.639. The van der Waals surface area contributed by atoms with Crippen molar-refractivity contribution in [3.8, 4) is 0 Å². The summed E-state index contributed by atoms with van der Waals surface area (Å²) < 4.78 is 36.2. The maximum atomic E-state index is 13.8. The van der Waals surface area contributed by atoms with Crippen molar-refractivity contribution < 1.29 is 32.9 Å². The van der Waals surface area contributed by atoms with Gasteiger partial charge in [-0.1, -0.05) is 38.1 Å². The molecule has 0 N–H and O–H groups in total. The Morgan fingerprint density at radius 2 is 1.83 bits per heavy atom. The van der Waals surface area contributed by atoms with E-state index >= 15 is 0 Å². The summed E-state index contributed by atoms with van der Waals surface area (Å²) in [5.74, 6) is -0.170. The van der Waals surface area contributed by atoms with Crippen LogP contribution in [-0.4, -0.2) is 17.8 Å². The smallest absolute Gasteiger partial charge is 0.415 e. The maximum Gasteiger partial charge on any atom is 0.415 e. The van der Waals surface area contributed by atoms with E-state index in [4.69, 9.17) is 4.74 Å². The molecule has 0 spiro atoms. The molecule has 4 fully saturated rings. The molecule has 5 rings (SSSR count). The van der Waals surface area contributed by atoms with Gasteiger partial charge in [-0.15, -0.1) is 0 Å². The minimum Gasteiger partial charge on any atom is -0.691 e. The van der Waals surface area contributed by atoms with Crippen molar-refractivity contribution in [2.45, 2.75) is 69.0 Å². The van der Waals surface area contributed by atoms with Crippen LogP contribution in [0.1, 0.15) is 69.4 Å². The molecule has 0 amide bonds. The molecular weight excluding hydrogens is 414 g/mol. The summed E-state index contributed by atoms with van der Waals surface area (Å²) in [6, 6.07) is 8.85. The molecular formula is C22H27F2O5S-. The lowest BCUT2D eigenvalue weighted by molar-refractivity contribution is -0.777. The van der Waals surface area contributed by atoms with Crippen molar-refractivity contribution >= 4 is 18.0 Å². The number of halogens is 2. The second-order valence-corrected chi connectivity index (χ2v) is 10.6. The van der Waals surface area contributed by atoms with E-state index in [0.717, 1.165) is 32.1 Å². The summed E-state index contributed by atoms with van der Waals surface area (Å²) in [6.45, 7) is 4.32. The molecule has 4 saturated carbocycles. The molecule has 8 heteroatoms. The molecule has 4 aliphatic carbocycles. The molecule has 30 heavy (non-hydrogen) atoms. The Kier molecular flexibility index (Phi) is 5.89. The standard InChI is InChI=1S/C22H28F2O5S/c1-14(2)17-3-5-18(6-4-17)21-10-15-7-16(11-21)9-20(8-15,12-21)13-27-19(25)22(23,24)30-29-28-26/h3-6,14-16,26H,7-13H2,1-2H3/p-1. The molecule has 0 saturated heterocycles. The summed E-state index contributed by atoms with van der Waals surface area (Å²) in [5, 5.41) is 8.71. The number of rotatable bonds is 8. The van der Waals surface area contributed by atoms with Crippen LogP contribution in [0, 0.1) is 17.3 Å². The molecule has 0 heterocycles. The average Bonchev–Trinajstić information content (AvgIpc) is 2.69. The van der Waals surface area contributed by atoms with Crippen molar-refractivity contribution in [1.82, 2.24) is 0 Å². The highest BCUT2D eigenvalue weighted by molar-refractivity contribution is 7.96. The van der Waals surface area contributed by atoms with Crippen molar-refractivity contribution in [3.05, 3.63) is 35.4 Å². The fraction of sp³-hybridized carbons (Fsp3) is 0.682. The highest BCUT2D eigenvalue weighted by atomic mass is 32.2. The van der Waals surface area contributed by atoms with Gasteiger partial charge in [-0.2, -0.15) is 13.1 Å². The highest BCUT2D eigenvalue weighted by Crippen LogP contribution is 2.65. The third-order valence-electron chi connectivity index (χ3n) is 7.29. The van der Waals surface area contributed by atoms with Crippen LogP contribution >= 0.6 is 12.0 Å². The van der Waals surface area contributed by atoms with Crippen LogP contribution in [0.15, 0.2) is 24.3 Å². The number of esters is 1. The Morgan fingerprint density at radius 3 is 2.40 bits per heavy atom. The summed E-state index contributed by atoms with van der Waals surface area (Å²) in [6.07, 6.45) is 6.05. The zero-order valence-electron chi connectivity index (χ0n) is 17.2. The first kappa shape index (κ1) is 22.0. The zero-order valence-corrected chi connectivity index (χ0v) is 18.0. The molecule has 2 unspecified atom stereocenters. The lowest BCUT2D eigenvalue weighted by atomic mass is 9.43. The third-order valence-corrected chi connectivity index (χ3v) is 7.79. The quantitative estimate of drug-likeness (QED) is 0.253. The Labute approximate surface area is 179 Å². The topological polar surface area (TPSA) is 67.8 Å². The number of hydrogen-bond acceptors (Lipinski definition) is 6. The summed E-state index contributed by atoms with van der Waals surface area (Å²) in [7, 11) is 0. The van der Waals surface area contributed by atoms with E-state index in [0.29, 0.717) is 17.8 Å². The fourth-order valence-electron chi connectivity index (χ4n) is 6.57. The van der Waals surface area contributed by atoms with Crippen LogP contribution in [0.25, 0.3) is 0 Å². The van der Waals surface area contributed by atoms with E-state index in [2.05, 4.69) is 47.5 Å². The first-order valence-corrected chi connectivity index (χ1v) is 11.2. The van der Waals surface area contributed by atoms with Crippen LogP contribution in [0.3, 0.4) is 0 Å². The number of ether oxygens (including phenoxy) is 1. The number of carbonyl (C=O) groups excluding carboxylic acids is 1. The van der Waals surface area contributed by atoms with Gasteiger partial charge < -0.3 is 9.99 Å².